The summed E-state index contributed by atoms with van der Waals surface area (Å²) in [5, 5.41) is 20.6. The van der Waals surface area contributed by atoms with Crippen molar-refractivity contribution in [2.45, 2.75) is 31.9 Å². The molecule has 0 amide bonds. The molecule has 8 nitrogen and oxygen atoms in total. The van der Waals surface area contributed by atoms with Crippen LogP contribution in [0.2, 0.25) is 0 Å². The molecule has 2 atom stereocenters. The third kappa shape index (κ3) is 2.44. The third-order valence-electron chi connectivity index (χ3n) is 4.22. The summed E-state index contributed by atoms with van der Waals surface area (Å²) < 4.78 is 9.54. The summed E-state index contributed by atoms with van der Waals surface area (Å²) in [6.07, 6.45) is 3.50. The lowest BCUT2D eigenvalue weighted by molar-refractivity contribution is 0.101. The molecule has 0 unspecified atom stereocenters. The van der Waals surface area contributed by atoms with Crippen LogP contribution in [-0.4, -0.2) is 42.2 Å². The van der Waals surface area contributed by atoms with E-state index in [1.807, 2.05) is 36.9 Å². The van der Waals surface area contributed by atoms with Crippen LogP contribution in [0.5, 0.6) is 0 Å². The molecule has 0 radical (unpaired) electrons. The Morgan fingerprint density at radius 1 is 1.30 bits per heavy atom. The molecule has 8 heteroatoms. The van der Waals surface area contributed by atoms with Gasteiger partial charge in [-0.3, -0.25) is 4.68 Å². The molecular weight excluding hydrogens is 294 g/mol. The molecule has 23 heavy (non-hydrogen) atoms. The van der Waals surface area contributed by atoms with Gasteiger partial charge in [-0.05, 0) is 24.6 Å². The van der Waals surface area contributed by atoms with Crippen LogP contribution >= 0.6 is 0 Å². The molecule has 0 aromatic carbocycles. The minimum Gasteiger partial charge on any atom is -0.370 e. The van der Waals surface area contributed by atoms with E-state index in [4.69, 9.17) is 4.74 Å². The molecular formula is C15H19N7O. The van der Waals surface area contributed by atoms with Crippen LogP contribution in [-0.2, 0) is 18.2 Å². The highest BCUT2D eigenvalue weighted by Gasteiger charge is 2.32. The number of fused-ring (bicyclic) bond motifs is 1. The minimum atomic E-state index is -0.0217. The van der Waals surface area contributed by atoms with Crippen molar-refractivity contribution >= 4 is 11.5 Å². The van der Waals surface area contributed by atoms with Crippen molar-refractivity contribution < 1.29 is 4.74 Å². The molecule has 4 rings (SSSR count). The smallest absolute Gasteiger partial charge is 0.178 e. The Labute approximate surface area is 133 Å². The number of rotatable bonds is 4. The van der Waals surface area contributed by atoms with Crippen LogP contribution in [0, 0.1) is 0 Å². The topological polar surface area (TPSA) is 82.2 Å². The zero-order chi connectivity index (χ0) is 15.8. The first kappa shape index (κ1) is 14.1. The van der Waals surface area contributed by atoms with Crippen molar-refractivity contribution in [3.05, 3.63) is 35.9 Å². The Kier molecular flexibility index (Phi) is 3.45. The molecule has 3 aromatic heterocycles. The molecule has 0 bridgehead atoms. The second kappa shape index (κ2) is 5.62. The number of nitrogens with zero attached hydrogens (tertiary/aromatic N) is 6. The Bertz CT molecular complexity index is 824. The van der Waals surface area contributed by atoms with Crippen LogP contribution < -0.4 is 5.32 Å². The summed E-state index contributed by atoms with van der Waals surface area (Å²) in [6, 6.07) is 6.02. The number of anilines is 1. The van der Waals surface area contributed by atoms with Crippen molar-refractivity contribution in [2.24, 2.45) is 7.05 Å². The van der Waals surface area contributed by atoms with Crippen molar-refractivity contribution in [2.75, 3.05) is 11.9 Å². The second-order valence-corrected chi connectivity index (χ2v) is 5.67. The summed E-state index contributed by atoms with van der Waals surface area (Å²) in [5.41, 5.74) is 1.83. The summed E-state index contributed by atoms with van der Waals surface area (Å²) in [5.74, 6) is 1.66. The van der Waals surface area contributed by atoms with Crippen LogP contribution in [0.4, 0.5) is 5.82 Å². The normalized spacial score (nSPS) is 21.1. The van der Waals surface area contributed by atoms with Gasteiger partial charge in [0.25, 0.3) is 0 Å². The first-order valence-corrected chi connectivity index (χ1v) is 7.83. The monoisotopic (exact) mass is 313 g/mol. The molecule has 0 saturated carbocycles. The van der Waals surface area contributed by atoms with Crippen molar-refractivity contribution in [3.63, 3.8) is 0 Å². The average Bonchev–Trinajstić information content (AvgIpc) is 3.26. The van der Waals surface area contributed by atoms with E-state index in [1.54, 1.807) is 10.7 Å². The number of ether oxygens (including phenoxy) is 1. The maximum Gasteiger partial charge on any atom is 0.178 e. The summed E-state index contributed by atoms with van der Waals surface area (Å²) >= 11 is 0. The Hall–Kier alpha value is -2.48. The van der Waals surface area contributed by atoms with Gasteiger partial charge < -0.3 is 10.1 Å². The fraction of sp³-hybridized carbons (Fsp3) is 0.467. The highest BCUT2D eigenvalue weighted by molar-refractivity contribution is 5.45. The highest BCUT2D eigenvalue weighted by Crippen LogP contribution is 2.30. The fourth-order valence-corrected chi connectivity index (χ4v) is 3.01. The van der Waals surface area contributed by atoms with Crippen LogP contribution in [0.25, 0.3) is 5.65 Å². The number of aryl methyl sites for hydroxylation is 2. The standard InChI is InChI=1S/C15H19N7O/c1-3-13-18-19-14-5-4-12(20-22(13)14)17-10-7-9-23-15(10)11-6-8-16-21(11)2/h4-6,8,10,15H,3,7,9H2,1-2H3,(H,17,20)/t10-,15-/m0/s1. The van der Waals surface area contributed by atoms with Gasteiger partial charge in [-0.1, -0.05) is 6.92 Å². The molecule has 1 fully saturated rings. The largest absolute Gasteiger partial charge is 0.370 e. The van der Waals surface area contributed by atoms with E-state index in [1.165, 1.54) is 0 Å². The van der Waals surface area contributed by atoms with E-state index in [0.29, 0.717) is 0 Å². The number of aromatic nitrogens is 6. The number of hydrogen-bond acceptors (Lipinski definition) is 6. The molecule has 0 aliphatic carbocycles. The predicted molar refractivity (Wildman–Crippen MR) is 84.1 cm³/mol. The Balaban J connectivity index is 1.60. The molecule has 120 valence electrons. The van der Waals surface area contributed by atoms with Gasteiger partial charge in [0.2, 0.25) is 0 Å². The highest BCUT2D eigenvalue weighted by atomic mass is 16.5. The maximum atomic E-state index is 5.90. The van der Waals surface area contributed by atoms with E-state index >= 15 is 0 Å². The number of hydrogen-bond donors (Lipinski definition) is 1. The van der Waals surface area contributed by atoms with Crippen molar-refractivity contribution in [1.29, 1.82) is 0 Å². The molecule has 3 aromatic rings. The van der Waals surface area contributed by atoms with E-state index in [-0.39, 0.29) is 12.1 Å². The van der Waals surface area contributed by atoms with E-state index in [2.05, 4.69) is 25.7 Å². The first-order chi connectivity index (χ1) is 11.3. The van der Waals surface area contributed by atoms with Crippen LogP contribution in [0.15, 0.2) is 24.4 Å². The van der Waals surface area contributed by atoms with Gasteiger partial charge in [-0.25, -0.2) is 0 Å². The molecule has 1 N–H and O–H groups in total. The van der Waals surface area contributed by atoms with Crippen LogP contribution in [0.3, 0.4) is 0 Å². The second-order valence-electron chi connectivity index (χ2n) is 5.67. The molecule has 1 aliphatic rings. The van der Waals surface area contributed by atoms with Crippen molar-refractivity contribution in [1.82, 2.24) is 29.6 Å². The fourth-order valence-electron chi connectivity index (χ4n) is 3.01. The molecule has 0 spiro atoms. The first-order valence-electron chi connectivity index (χ1n) is 7.83. The summed E-state index contributed by atoms with van der Waals surface area (Å²) in [4.78, 5) is 0. The SMILES string of the molecule is CCc1nnc2ccc(N[C@H]3CCO[C@@H]3c3ccnn3C)nn12. The van der Waals surface area contributed by atoms with Crippen molar-refractivity contribution in [3.8, 4) is 0 Å². The van der Waals surface area contributed by atoms with Gasteiger partial charge in [0.05, 0.1) is 11.7 Å². The number of nitrogens with one attached hydrogen (secondary N) is 1. The quantitative estimate of drug-likeness (QED) is 0.783. The lowest BCUT2D eigenvalue weighted by atomic mass is 10.1. The third-order valence-corrected chi connectivity index (χ3v) is 4.22. The minimum absolute atomic E-state index is 0.0217. The lowest BCUT2D eigenvalue weighted by Crippen LogP contribution is -2.25. The molecule has 1 saturated heterocycles. The predicted octanol–water partition coefficient (Wildman–Crippen LogP) is 1.36. The molecule has 1 aliphatic heterocycles. The average molecular weight is 313 g/mol. The van der Waals surface area contributed by atoms with Gasteiger partial charge >= 0.3 is 0 Å². The molecule has 4 heterocycles. The Morgan fingerprint density at radius 2 is 2.22 bits per heavy atom. The van der Waals surface area contributed by atoms with E-state index in [0.717, 1.165) is 42.4 Å². The van der Waals surface area contributed by atoms with Crippen LogP contribution in [0.1, 0.15) is 31.0 Å². The van der Waals surface area contributed by atoms with E-state index in [9.17, 15) is 0 Å². The van der Waals surface area contributed by atoms with Gasteiger partial charge in [0.1, 0.15) is 11.9 Å². The van der Waals surface area contributed by atoms with Gasteiger partial charge in [0.15, 0.2) is 11.5 Å². The van der Waals surface area contributed by atoms with Gasteiger partial charge in [0, 0.05) is 26.3 Å². The zero-order valence-electron chi connectivity index (χ0n) is 13.2. The zero-order valence-corrected chi connectivity index (χ0v) is 13.2. The summed E-state index contributed by atoms with van der Waals surface area (Å²) in [7, 11) is 1.93. The summed E-state index contributed by atoms with van der Waals surface area (Å²) in [6.45, 7) is 2.77. The van der Waals surface area contributed by atoms with Gasteiger partial charge in [-0.15, -0.1) is 15.3 Å². The Morgan fingerprint density at radius 3 is 3.00 bits per heavy atom. The maximum absolute atomic E-state index is 5.90. The van der Waals surface area contributed by atoms with E-state index < -0.39 is 0 Å². The van der Waals surface area contributed by atoms with Gasteiger partial charge in [-0.2, -0.15) is 9.61 Å². The lowest BCUT2D eigenvalue weighted by Gasteiger charge is -2.20.